The quantitative estimate of drug-likeness (QED) is 0.779. The zero-order valence-corrected chi connectivity index (χ0v) is 11.2. The molecule has 0 spiro atoms. The third-order valence-electron chi connectivity index (χ3n) is 4.50. The lowest BCUT2D eigenvalue weighted by Gasteiger charge is -2.29. The number of aliphatic hydroxyl groups is 1. The maximum Gasteiger partial charge on any atom is 0.224 e. The van der Waals surface area contributed by atoms with E-state index < -0.39 is 0 Å². The van der Waals surface area contributed by atoms with Crippen molar-refractivity contribution < 1.29 is 9.90 Å². The number of carbonyl (C=O) groups is 1. The van der Waals surface area contributed by atoms with Gasteiger partial charge < -0.3 is 15.7 Å². The second kappa shape index (κ2) is 6.02. The predicted molar refractivity (Wildman–Crippen MR) is 71.1 cm³/mol. The minimum absolute atomic E-state index is 0.222. The van der Waals surface area contributed by atoms with Gasteiger partial charge in [0.25, 0.3) is 0 Å². The number of carbonyl (C=O) groups excluding carboxylic acids is 1. The molecule has 18 heavy (non-hydrogen) atoms. The fraction of sp³-hybridized carbons (Fsp3) is 0.929. The number of hydrogen-bond acceptors (Lipinski definition) is 3. The van der Waals surface area contributed by atoms with Crippen molar-refractivity contribution in [3.63, 3.8) is 0 Å². The van der Waals surface area contributed by atoms with Gasteiger partial charge in [0.05, 0.1) is 0 Å². The van der Waals surface area contributed by atoms with Gasteiger partial charge in [-0.1, -0.05) is 12.8 Å². The highest BCUT2D eigenvalue weighted by Crippen LogP contribution is 2.32. The van der Waals surface area contributed by atoms with Crippen molar-refractivity contribution in [2.45, 2.75) is 69.4 Å². The Hall–Kier alpha value is -0.610. The van der Waals surface area contributed by atoms with Crippen molar-refractivity contribution in [1.29, 1.82) is 0 Å². The van der Waals surface area contributed by atoms with Gasteiger partial charge in [0.2, 0.25) is 5.91 Å². The summed E-state index contributed by atoms with van der Waals surface area (Å²) >= 11 is 0. The number of nitrogens with zero attached hydrogens (tertiary/aromatic N) is 1. The number of amides is 1. The molecule has 1 atom stereocenters. The normalized spacial score (nSPS) is 26.8. The van der Waals surface area contributed by atoms with Crippen LogP contribution in [0.4, 0.5) is 0 Å². The molecule has 1 unspecified atom stereocenters. The zero-order chi connectivity index (χ0) is 13.0. The fourth-order valence-corrected chi connectivity index (χ4v) is 3.45. The molecule has 1 saturated heterocycles. The van der Waals surface area contributed by atoms with E-state index in [0.717, 1.165) is 57.9 Å². The van der Waals surface area contributed by atoms with E-state index in [1.165, 1.54) is 0 Å². The molecule has 0 bridgehead atoms. The number of aliphatic hydroxyl groups excluding tert-OH is 1. The summed E-state index contributed by atoms with van der Waals surface area (Å²) in [5, 5.41) is 8.90. The van der Waals surface area contributed by atoms with Crippen molar-refractivity contribution >= 4 is 5.91 Å². The maximum absolute atomic E-state index is 12.4. The molecule has 2 rings (SSSR count). The molecule has 1 amide bonds. The maximum atomic E-state index is 12.4. The standard InChI is InChI=1S/C14H26N2O2/c15-14(7-1-2-8-14)11-13(18)16-9-3-5-12(16)6-4-10-17/h12,17H,1-11,15H2. The van der Waals surface area contributed by atoms with E-state index in [1.807, 2.05) is 4.90 Å². The molecule has 1 aliphatic heterocycles. The van der Waals surface area contributed by atoms with Crippen LogP contribution in [0.1, 0.15) is 57.8 Å². The molecule has 2 fully saturated rings. The average molecular weight is 254 g/mol. The van der Waals surface area contributed by atoms with Crippen molar-refractivity contribution in [3.8, 4) is 0 Å². The van der Waals surface area contributed by atoms with E-state index in [4.69, 9.17) is 10.8 Å². The molecule has 2 aliphatic rings. The molecule has 1 saturated carbocycles. The van der Waals surface area contributed by atoms with Crippen LogP contribution < -0.4 is 5.73 Å². The summed E-state index contributed by atoms with van der Waals surface area (Å²) in [6.45, 7) is 1.10. The molecule has 0 aromatic carbocycles. The summed E-state index contributed by atoms with van der Waals surface area (Å²) < 4.78 is 0. The minimum Gasteiger partial charge on any atom is -0.396 e. The highest BCUT2D eigenvalue weighted by atomic mass is 16.3. The van der Waals surface area contributed by atoms with Crippen LogP contribution in [0.2, 0.25) is 0 Å². The zero-order valence-electron chi connectivity index (χ0n) is 11.2. The van der Waals surface area contributed by atoms with E-state index >= 15 is 0 Å². The lowest BCUT2D eigenvalue weighted by Crippen LogP contribution is -2.45. The van der Waals surface area contributed by atoms with E-state index in [2.05, 4.69) is 0 Å². The lowest BCUT2D eigenvalue weighted by molar-refractivity contribution is -0.133. The van der Waals surface area contributed by atoms with Crippen LogP contribution in [0.15, 0.2) is 0 Å². The lowest BCUT2D eigenvalue weighted by atomic mass is 9.93. The molecule has 104 valence electrons. The van der Waals surface area contributed by atoms with Crippen LogP contribution in [0.25, 0.3) is 0 Å². The average Bonchev–Trinajstić information content (AvgIpc) is 2.95. The molecular formula is C14H26N2O2. The Morgan fingerprint density at radius 1 is 1.33 bits per heavy atom. The highest BCUT2D eigenvalue weighted by molar-refractivity contribution is 5.78. The van der Waals surface area contributed by atoms with Crippen molar-refractivity contribution in [3.05, 3.63) is 0 Å². The van der Waals surface area contributed by atoms with Crippen molar-refractivity contribution in [2.75, 3.05) is 13.2 Å². The summed E-state index contributed by atoms with van der Waals surface area (Å²) in [6, 6.07) is 0.342. The Kier molecular flexibility index (Phi) is 4.62. The van der Waals surface area contributed by atoms with Crippen molar-refractivity contribution in [1.82, 2.24) is 4.90 Å². The summed E-state index contributed by atoms with van der Waals surface area (Å²) in [5.41, 5.74) is 6.05. The Labute approximate surface area is 110 Å². The van der Waals surface area contributed by atoms with Gasteiger partial charge in [-0.15, -0.1) is 0 Å². The van der Waals surface area contributed by atoms with Gasteiger partial charge in [0.1, 0.15) is 0 Å². The van der Waals surface area contributed by atoms with Crippen molar-refractivity contribution in [2.24, 2.45) is 5.73 Å². The Bertz CT molecular complexity index is 288. The Morgan fingerprint density at radius 2 is 2.06 bits per heavy atom. The smallest absolute Gasteiger partial charge is 0.224 e. The first-order chi connectivity index (χ1) is 8.64. The highest BCUT2D eigenvalue weighted by Gasteiger charge is 2.36. The van der Waals surface area contributed by atoms with Gasteiger partial charge in [0.15, 0.2) is 0 Å². The van der Waals surface area contributed by atoms with Gasteiger partial charge in [-0.2, -0.15) is 0 Å². The van der Waals surface area contributed by atoms with Crippen LogP contribution in [0.3, 0.4) is 0 Å². The number of nitrogens with two attached hydrogens (primary N) is 1. The summed E-state index contributed by atoms with van der Waals surface area (Å²) in [5.74, 6) is 0.236. The predicted octanol–water partition coefficient (Wildman–Crippen LogP) is 1.41. The molecule has 0 radical (unpaired) electrons. The largest absolute Gasteiger partial charge is 0.396 e. The van der Waals surface area contributed by atoms with Gasteiger partial charge in [-0.3, -0.25) is 4.79 Å². The molecule has 3 N–H and O–H groups in total. The molecule has 0 aromatic rings. The summed E-state index contributed by atoms with van der Waals surface area (Å²) in [6.07, 6.45) is 8.74. The first-order valence-corrected chi connectivity index (χ1v) is 7.34. The van der Waals surface area contributed by atoms with Gasteiger partial charge in [-0.25, -0.2) is 0 Å². The number of hydrogen-bond donors (Lipinski definition) is 2. The first-order valence-electron chi connectivity index (χ1n) is 7.34. The van der Waals surface area contributed by atoms with Gasteiger partial charge in [0, 0.05) is 31.2 Å². The van der Waals surface area contributed by atoms with Crippen LogP contribution in [0, 0.1) is 0 Å². The summed E-state index contributed by atoms with van der Waals surface area (Å²) in [7, 11) is 0. The molecule has 4 heteroatoms. The molecule has 1 heterocycles. The fourth-order valence-electron chi connectivity index (χ4n) is 3.45. The Morgan fingerprint density at radius 3 is 2.72 bits per heavy atom. The van der Waals surface area contributed by atoms with Crippen LogP contribution in [-0.2, 0) is 4.79 Å². The number of likely N-dealkylation sites (tertiary alicyclic amines) is 1. The van der Waals surface area contributed by atoms with E-state index in [1.54, 1.807) is 0 Å². The topological polar surface area (TPSA) is 66.6 Å². The van der Waals surface area contributed by atoms with Crippen LogP contribution in [0.5, 0.6) is 0 Å². The SMILES string of the molecule is NC1(CC(=O)N2CCCC2CCCO)CCCC1. The second-order valence-electron chi connectivity index (χ2n) is 6.00. The number of rotatable bonds is 5. The Balaban J connectivity index is 1.87. The molecule has 4 nitrogen and oxygen atoms in total. The van der Waals surface area contributed by atoms with E-state index in [0.29, 0.717) is 12.5 Å². The van der Waals surface area contributed by atoms with Crippen LogP contribution >= 0.6 is 0 Å². The second-order valence-corrected chi connectivity index (χ2v) is 6.00. The molecular weight excluding hydrogens is 228 g/mol. The van der Waals surface area contributed by atoms with Gasteiger partial charge >= 0.3 is 0 Å². The van der Waals surface area contributed by atoms with E-state index in [-0.39, 0.29) is 18.1 Å². The summed E-state index contributed by atoms with van der Waals surface area (Å²) in [4.78, 5) is 14.4. The third kappa shape index (κ3) is 3.23. The first kappa shape index (κ1) is 13.8. The molecule has 0 aromatic heterocycles. The van der Waals surface area contributed by atoms with Gasteiger partial charge in [-0.05, 0) is 38.5 Å². The third-order valence-corrected chi connectivity index (χ3v) is 4.50. The van der Waals surface area contributed by atoms with E-state index in [9.17, 15) is 4.79 Å². The monoisotopic (exact) mass is 254 g/mol. The van der Waals surface area contributed by atoms with Crippen LogP contribution in [-0.4, -0.2) is 40.6 Å². The molecule has 1 aliphatic carbocycles. The minimum atomic E-state index is -0.235.